The molecule has 6 nitrogen and oxygen atoms in total. The Morgan fingerprint density at radius 2 is 2.24 bits per heavy atom. The number of hydrogen-bond acceptors (Lipinski definition) is 5. The predicted octanol–water partition coefficient (Wildman–Crippen LogP) is 1.89. The summed E-state index contributed by atoms with van der Waals surface area (Å²) >= 11 is 3.02. The second-order valence-corrected chi connectivity index (χ2v) is 3.89. The average molecular weight is 302 g/mol. The van der Waals surface area contributed by atoms with Crippen LogP contribution in [0.2, 0.25) is 0 Å². The number of aldehydes is 1. The number of benzene rings is 1. The van der Waals surface area contributed by atoms with Crippen LogP contribution in [0.25, 0.3) is 0 Å². The van der Waals surface area contributed by atoms with E-state index < -0.39 is 10.9 Å². The number of rotatable bonds is 4. The highest BCUT2D eigenvalue weighted by molar-refractivity contribution is 9.10. The van der Waals surface area contributed by atoms with Crippen molar-refractivity contribution in [2.24, 2.45) is 0 Å². The number of esters is 1. The molecule has 17 heavy (non-hydrogen) atoms. The van der Waals surface area contributed by atoms with Crippen LogP contribution in [0.5, 0.6) is 0 Å². The summed E-state index contributed by atoms with van der Waals surface area (Å²) in [6.45, 7) is 0. The maximum atomic E-state index is 11.2. The van der Waals surface area contributed by atoms with Crippen molar-refractivity contribution in [3.63, 3.8) is 0 Å². The minimum atomic E-state index is -0.598. The van der Waals surface area contributed by atoms with Crippen molar-refractivity contribution in [3.8, 4) is 0 Å². The van der Waals surface area contributed by atoms with Crippen LogP contribution in [0, 0.1) is 10.1 Å². The van der Waals surface area contributed by atoms with Crippen molar-refractivity contribution >= 4 is 33.9 Å². The minimum Gasteiger partial charge on any atom is -0.469 e. The Balaban J connectivity index is 3.32. The van der Waals surface area contributed by atoms with E-state index in [1.807, 2.05) is 0 Å². The van der Waals surface area contributed by atoms with Gasteiger partial charge in [0.1, 0.15) is 6.29 Å². The Morgan fingerprint density at radius 1 is 1.59 bits per heavy atom. The molecule has 0 amide bonds. The molecule has 0 aliphatic rings. The summed E-state index contributed by atoms with van der Waals surface area (Å²) in [5, 5.41) is 10.7. The van der Waals surface area contributed by atoms with Crippen molar-refractivity contribution < 1.29 is 19.2 Å². The molecule has 0 saturated carbocycles. The summed E-state index contributed by atoms with van der Waals surface area (Å²) in [6.07, 6.45) is 0.333. The standard InChI is InChI=1S/C10H8BrNO5/c1-17-9(14)4-7-6(5-13)2-3-8(10(7)11)12(15)16/h2-3,5H,4H2,1H3. The van der Waals surface area contributed by atoms with E-state index in [1.54, 1.807) is 0 Å². The lowest BCUT2D eigenvalue weighted by Gasteiger charge is -2.06. The van der Waals surface area contributed by atoms with Crippen molar-refractivity contribution in [2.45, 2.75) is 6.42 Å². The number of nitrogens with zero attached hydrogens (tertiary/aromatic N) is 1. The summed E-state index contributed by atoms with van der Waals surface area (Å²) < 4.78 is 4.59. The van der Waals surface area contributed by atoms with Crippen LogP contribution in [0.3, 0.4) is 0 Å². The van der Waals surface area contributed by atoms with Crippen molar-refractivity contribution in [1.82, 2.24) is 0 Å². The van der Waals surface area contributed by atoms with Gasteiger partial charge in [0.2, 0.25) is 0 Å². The van der Waals surface area contributed by atoms with E-state index in [2.05, 4.69) is 20.7 Å². The maximum absolute atomic E-state index is 11.2. The van der Waals surface area contributed by atoms with Crippen molar-refractivity contribution in [1.29, 1.82) is 0 Å². The van der Waals surface area contributed by atoms with Gasteiger partial charge in [-0.2, -0.15) is 0 Å². The molecule has 0 heterocycles. The van der Waals surface area contributed by atoms with Gasteiger partial charge in [0.25, 0.3) is 5.69 Å². The van der Waals surface area contributed by atoms with Crippen molar-refractivity contribution in [3.05, 3.63) is 37.8 Å². The van der Waals surface area contributed by atoms with Crippen molar-refractivity contribution in [2.75, 3.05) is 7.11 Å². The molecule has 0 atom stereocenters. The highest BCUT2D eigenvalue weighted by Gasteiger charge is 2.20. The van der Waals surface area contributed by atoms with Crippen LogP contribution in [-0.4, -0.2) is 24.3 Å². The molecule has 0 N–H and O–H groups in total. The molecule has 0 spiro atoms. The smallest absolute Gasteiger partial charge is 0.310 e. The molecule has 1 aromatic rings. The van der Waals surface area contributed by atoms with Gasteiger partial charge in [-0.3, -0.25) is 19.7 Å². The van der Waals surface area contributed by atoms with Gasteiger partial charge in [-0.15, -0.1) is 0 Å². The maximum Gasteiger partial charge on any atom is 0.310 e. The van der Waals surface area contributed by atoms with E-state index in [4.69, 9.17) is 0 Å². The third-order valence-electron chi connectivity index (χ3n) is 2.13. The SMILES string of the molecule is COC(=O)Cc1c(C=O)ccc([N+](=O)[O-])c1Br. The first-order chi connectivity index (χ1) is 8.01. The van der Waals surface area contributed by atoms with Gasteiger partial charge >= 0.3 is 5.97 Å². The minimum absolute atomic E-state index is 0.123. The topological polar surface area (TPSA) is 86.5 Å². The summed E-state index contributed by atoms with van der Waals surface area (Å²) in [4.78, 5) is 32.0. The van der Waals surface area contributed by atoms with Gasteiger partial charge in [-0.05, 0) is 27.6 Å². The van der Waals surface area contributed by atoms with Crippen LogP contribution in [0.15, 0.2) is 16.6 Å². The fourth-order valence-corrected chi connectivity index (χ4v) is 1.92. The Kier molecular flexibility index (Phi) is 4.33. The van der Waals surface area contributed by atoms with Gasteiger partial charge in [0.05, 0.1) is 22.9 Å². The lowest BCUT2D eigenvalue weighted by atomic mass is 10.0. The Hall–Kier alpha value is -1.76. The second-order valence-electron chi connectivity index (χ2n) is 3.09. The van der Waals surface area contributed by atoms with Gasteiger partial charge < -0.3 is 4.74 Å². The Bertz CT molecular complexity index is 486. The third kappa shape index (κ3) is 2.88. The summed E-state index contributed by atoms with van der Waals surface area (Å²) in [5.41, 5.74) is 0.267. The molecule has 0 radical (unpaired) electrons. The summed E-state index contributed by atoms with van der Waals surface area (Å²) in [5.74, 6) is -0.575. The first-order valence-electron chi connectivity index (χ1n) is 4.49. The lowest BCUT2D eigenvalue weighted by Crippen LogP contribution is -2.08. The highest BCUT2D eigenvalue weighted by atomic mass is 79.9. The Morgan fingerprint density at radius 3 is 2.71 bits per heavy atom. The molecule has 90 valence electrons. The largest absolute Gasteiger partial charge is 0.469 e. The van der Waals surface area contributed by atoms with E-state index in [9.17, 15) is 19.7 Å². The molecule has 0 aliphatic carbocycles. The van der Waals surface area contributed by atoms with Crippen LogP contribution < -0.4 is 0 Å². The lowest BCUT2D eigenvalue weighted by molar-refractivity contribution is -0.385. The van der Waals surface area contributed by atoms with Crippen LogP contribution in [-0.2, 0) is 16.0 Å². The zero-order valence-electron chi connectivity index (χ0n) is 8.81. The van der Waals surface area contributed by atoms with E-state index in [0.717, 1.165) is 0 Å². The first kappa shape index (κ1) is 13.3. The zero-order chi connectivity index (χ0) is 13.0. The number of ether oxygens (including phenoxy) is 1. The highest BCUT2D eigenvalue weighted by Crippen LogP contribution is 2.30. The second kappa shape index (κ2) is 5.53. The van der Waals surface area contributed by atoms with Crippen LogP contribution in [0.1, 0.15) is 15.9 Å². The molecule has 7 heteroatoms. The quantitative estimate of drug-likeness (QED) is 0.367. The number of methoxy groups -OCH3 is 1. The molecular formula is C10H8BrNO5. The fourth-order valence-electron chi connectivity index (χ4n) is 1.27. The monoisotopic (exact) mass is 301 g/mol. The van der Waals surface area contributed by atoms with E-state index in [-0.39, 0.29) is 27.7 Å². The molecule has 1 rings (SSSR count). The molecule has 0 fully saturated rings. The average Bonchev–Trinajstić information content (AvgIpc) is 2.30. The molecule has 0 aliphatic heterocycles. The van der Waals surface area contributed by atoms with E-state index in [0.29, 0.717) is 6.29 Å². The molecule has 1 aromatic carbocycles. The predicted molar refractivity (Wildman–Crippen MR) is 61.9 cm³/mol. The normalized spacial score (nSPS) is 9.76. The van der Waals surface area contributed by atoms with Gasteiger partial charge in [0.15, 0.2) is 0 Å². The first-order valence-corrected chi connectivity index (χ1v) is 5.28. The summed E-state index contributed by atoms with van der Waals surface area (Å²) in [7, 11) is 1.20. The van der Waals surface area contributed by atoms with Gasteiger partial charge in [-0.25, -0.2) is 0 Å². The fraction of sp³-hybridized carbons (Fsp3) is 0.200. The number of nitro groups is 1. The Labute approximate surface area is 105 Å². The van der Waals surface area contributed by atoms with Crippen LogP contribution >= 0.6 is 15.9 Å². The molecule has 0 bridgehead atoms. The molecule has 0 saturated heterocycles. The van der Waals surface area contributed by atoms with Gasteiger partial charge in [-0.1, -0.05) is 0 Å². The molecule has 0 aromatic heterocycles. The third-order valence-corrected chi connectivity index (χ3v) is 3.02. The number of nitro benzene ring substituents is 1. The van der Waals surface area contributed by atoms with E-state index >= 15 is 0 Å². The van der Waals surface area contributed by atoms with Gasteiger partial charge in [0, 0.05) is 11.6 Å². The number of carbonyl (C=O) groups excluding carboxylic acids is 2. The van der Waals surface area contributed by atoms with Crippen LogP contribution in [0.4, 0.5) is 5.69 Å². The van der Waals surface area contributed by atoms with E-state index in [1.165, 1.54) is 19.2 Å². The number of carbonyl (C=O) groups is 2. The number of hydrogen-bond donors (Lipinski definition) is 0. The molecular weight excluding hydrogens is 294 g/mol. The number of halogens is 1. The zero-order valence-corrected chi connectivity index (χ0v) is 10.4. The summed E-state index contributed by atoms with van der Waals surface area (Å²) in [6, 6.07) is 2.50. The molecule has 0 unspecified atom stereocenters.